The Hall–Kier alpha value is 1.29. The predicted molar refractivity (Wildman–Crippen MR) is 13.2 cm³/mol. The molecule has 0 aliphatic heterocycles. The van der Waals surface area contributed by atoms with Crippen LogP contribution >= 0.6 is 7.91 Å². The van der Waals surface area contributed by atoms with Gasteiger partial charge in [0.15, 0.2) is 0 Å². The van der Waals surface area contributed by atoms with Crippen LogP contribution < -0.4 is 0 Å². The molecule has 0 aromatic carbocycles. The first-order valence-electron chi connectivity index (χ1n) is 0.752. The van der Waals surface area contributed by atoms with Gasteiger partial charge in [0.1, 0.15) is 0 Å². The molecule has 7 heavy (non-hydrogen) atoms. The van der Waals surface area contributed by atoms with Gasteiger partial charge in [-0.1, -0.05) is 0 Å². The first kappa shape index (κ1) is 15.7. The Morgan fingerprint density at radius 3 is 1.43 bits per heavy atom. The van der Waals surface area contributed by atoms with Crippen molar-refractivity contribution in [2.24, 2.45) is 0 Å². The van der Waals surface area contributed by atoms with E-state index in [0.29, 0.717) is 0 Å². The van der Waals surface area contributed by atoms with Crippen LogP contribution in [0.4, 0.5) is 4.20 Å². The zero-order valence-corrected chi connectivity index (χ0v) is 8.54. The summed E-state index contributed by atoms with van der Waals surface area (Å²) in [6, 6.07) is 0. The molecule has 0 aromatic heterocycles. The van der Waals surface area contributed by atoms with Crippen molar-refractivity contribution < 1.29 is 56.6 Å². The van der Waals surface area contributed by atoms with Gasteiger partial charge in [-0.2, -0.15) is 0 Å². The van der Waals surface area contributed by atoms with E-state index in [1.807, 2.05) is 0 Å². The average Bonchev–Trinajstić information content (AvgIpc) is 0.722. The van der Waals surface area contributed by atoms with Crippen molar-refractivity contribution in [2.45, 2.75) is 0 Å². The van der Waals surface area contributed by atoms with Crippen molar-refractivity contribution in [3.05, 3.63) is 0 Å². The molecule has 0 rings (SSSR count). The molecule has 0 spiro atoms. The third-order valence-electron chi connectivity index (χ3n) is 0. The summed E-state index contributed by atoms with van der Waals surface area (Å²) in [5.41, 5.74) is 0. The second kappa shape index (κ2) is 5.43. The summed E-state index contributed by atoms with van der Waals surface area (Å²) >= 11 is 0. The standard InChI is InChI=1S/FH2O3P.V.Zn/c1-5(2,3)4;;/h(H2,2,3,4);;. The smallest absolute Gasteiger partial charge is 0.299 e. The monoisotopic (exact) mass is 215 g/mol. The maximum Gasteiger partial charge on any atom is 0.507 e. The first-order chi connectivity index (χ1) is 2.00. The maximum absolute atomic E-state index is 10.4. The second-order valence-electron chi connectivity index (χ2n) is 0.473. The van der Waals surface area contributed by atoms with Crippen molar-refractivity contribution in [1.29, 1.82) is 0 Å². The molecule has 0 aromatic rings. The van der Waals surface area contributed by atoms with Crippen LogP contribution in [0.5, 0.6) is 0 Å². The molecule has 3 nitrogen and oxygen atoms in total. The molecule has 0 bridgehead atoms. The van der Waals surface area contributed by atoms with Crippen molar-refractivity contribution in [2.75, 3.05) is 0 Å². The Balaban J connectivity index is -0.0000000800. The van der Waals surface area contributed by atoms with E-state index in [2.05, 4.69) is 0 Å². The van der Waals surface area contributed by atoms with Gasteiger partial charge in [0, 0.05) is 38.0 Å². The van der Waals surface area contributed by atoms with Crippen LogP contribution in [0.1, 0.15) is 0 Å². The number of rotatable bonds is 0. The van der Waals surface area contributed by atoms with Gasteiger partial charge < -0.3 is 0 Å². The molecule has 0 saturated carbocycles. The largest absolute Gasteiger partial charge is 0.507 e. The van der Waals surface area contributed by atoms with E-state index in [-0.39, 0.29) is 38.0 Å². The summed E-state index contributed by atoms with van der Waals surface area (Å²) < 4.78 is 19.0. The van der Waals surface area contributed by atoms with Crippen molar-refractivity contribution in [1.82, 2.24) is 0 Å². The third-order valence-corrected chi connectivity index (χ3v) is 0. The molecule has 0 heterocycles. The fraction of sp³-hybridized carbons (Fsp3) is 0. The molecule has 1 radical (unpaired) electrons. The summed E-state index contributed by atoms with van der Waals surface area (Å²) in [5, 5.41) is 0. The van der Waals surface area contributed by atoms with Crippen LogP contribution in [0, 0.1) is 0 Å². The van der Waals surface area contributed by atoms with Crippen LogP contribution in [0.25, 0.3) is 0 Å². The Morgan fingerprint density at radius 2 is 1.43 bits per heavy atom. The summed E-state index contributed by atoms with van der Waals surface area (Å²) in [6.45, 7) is 0. The van der Waals surface area contributed by atoms with Gasteiger partial charge in [-0.05, 0) is 0 Å². The molecule has 0 unspecified atom stereocenters. The summed E-state index contributed by atoms with van der Waals surface area (Å²) in [7, 11) is -5.14. The van der Waals surface area contributed by atoms with E-state index in [1.165, 1.54) is 0 Å². The molecule has 0 atom stereocenters. The summed E-state index contributed by atoms with van der Waals surface area (Å²) in [6.07, 6.45) is 0. The zero-order chi connectivity index (χ0) is 4.50. The average molecular weight is 216 g/mol. The van der Waals surface area contributed by atoms with Crippen LogP contribution in [-0.2, 0) is 42.6 Å². The molecule has 0 fully saturated rings. The minimum absolute atomic E-state index is 0. The molecular weight excluding hydrogens is 214 g/mol. The van der Waals surface area contributed by atoms with E-state index in [9.17, 15) is 4.20 Å². The van der Waals surface area contributed by atoms with Gasteiger partial charge in [-0.15, -0.1) is 4.20 Å². The molecule has 0 aliphatic carbocycles. The quantitative estimate of drug-likeness (QED) is 0.444. The van der Waals surface area contributed by atoms with E-state index >= 15 is 0 Å². The number of hydrogen-bond donors (Lipinski definition) is 2. The van der Waals surface area contributed by atoms with E-state index in [4.69, 9.17) is 14.4 Å². The topological polar surface area (TPSA) is 57.5 Å². The van der Waals surface area contributed by atoms with Crippen LogP contribution in [0.2, 0.25) is 0 Å². The van der Waals surface area contributed by atoms with Crippen molar-refractivity contribution >= 4 is 7.91 Å². The van der Waals surface area contributed by atoms with Gasteiger partial charge >= 0.3 is 7.91 Å². The first-order valence-corrected chi connectivity index (χ1v) is 2.25. The minimum Gasteiger partial charge on any atom is -0.299 e. The number of halogens is 1. The molecule has 0 amide bonds. The normalized spacial score (nSPS) is 8.43. The molecule has 0 aliphatic rings. The molecule has 39 valence electrons. The van der Waals surface area contributed by atoms with Crippen LogP contribution in [0.15, 0.2) is 0 Å². The molecule has 2 N–H and O–H groups in total. The Bertz CT molecular complexity index is 61.1. The molecule has 7 heteroatoms. The Morgan fingerprint density at radius 1 is 1.43 bits per heavy atom. The van der Waals surface area contributed by atoms with E-state index < -0.39 is 7.91 Å². The second-order valence-corrected chi connectivity index (χ2v) is 1.42. The maximum atomic E-state index is 10.4. The van der Waals surface area contributed by atoms with Gasteiger partial charge in [0.05, 0.1) is 0 Å². The van der Waals surface area contributed by atoms with E-state index in [1.54, 1.807) is 0 Å². The van der Waals surface area contributed by atoms with E-state index in [0.717, 1.165) is 0 Å². The predicted octanol–water partition coefficient (Wildman–Crippen LogP) is 0.0436. The SMILES string of the molecule is O=P(O)(O)F.[V].[Zn]. The fourth-order valence-corrected chi connectivity index (χ4v) is 0. The minimum atomic E-state index is -5.14. The zero-order valence-electron chi connectivity index (χ0n) is 3.28. The number of hydrogen-bond acceptors (Lipinski definition) is 1. The van der Waals surface area contributed by atoms with Crippen LogP contribution in [-0.4, -0.2) is 9.79 Å². The van der Waals surface area contributed by atoms with Gasteiger partial charge in [0.2, 0.25) is 0 Å². The fourth-order valence-electron chi connectivity index (χ4n) is 0. The van der Waals surface area contributed by atoms with Gasteiger partial charge in [-0.25, -0.2) is 4.57 Å². The van der Waals surface area contributed by atoms with Crippen molar-refractivity contribution in [3.63, 3.8) is 0 Å². The summed E-state index contributed by atoms with van der Waals surface area (Å²) in [4.78, 5) is 13.9. The molecular formula is H2FO3PVZn. The Kier molecular flexibility index (Phi) is 12.2. The molecule has 0 saturated heterocycles. The summed E-state index contributed by atoms with van der Waals surface area (Å²) in [5.74, 6) is 0. The third kappa shape index (κ3) is 123. The van der Waals surface area contributed by atoms with Gasteiger partial charge in [0.25, 0.3) is 0 Å². The van der Waals surface area contributed by atoms with Crippen LogP contribution in [0.3, 0.4) is 0 Å². The van der Waals surface area contributed by atoms with Crippen molar-refractivity contribution in [3.8, 4) is 0 Å². The Labute approximate surface area is 64.6 Å². The van der Waals surface area contributed by atoms with Gasteiger partial charge in [-0.3, -0.25) is 9.79 Å².